The fourth-order valence-corrected chi connectivity index (χ4v) is 3.76. The number of likely N-dealkylation sites (tertiary alicyclic amines) is 1. The number of benzene rings is 2. The van der Waals surface area contributed by atoms with Gasteiger partial charge in [-0.25, -0.2) is 4.79 Å². The Bertz CT molecular complexity index is 656. The van der Waals surface area contributed by atoms with Crippen molar-refractivity contribution in [3.8, 4) is 0 Å². The number of esters is 1. The largest absolute Gasteiger partial charge is 0.462 e. The lowest BCUT2D eigenvalue weighted by Crippen LogP contribution is -2.69. The molecule has 1 fully saturated rings. The monoisotopic (exact) mass is 310 g/mol. The van der Waals surface area contributed by atoms with Crippen molar-refractivity contribution in [1.82, 2.24) is 0 Å². The zero-order valence-electron chi connectivity index (χ0n) is 13.8. The molecule has 0 N–H and O–H groups in total. The van der Waals surface area contributed by atoms with Gasteiger partial charge in [0.2, 0.25) is 0 Å². The van der Waals surface area contributed by atoms with E-state index in [0.29, 0.717) is 11.1 Å². The topological polar surface area (TPSA) is 26.3 Å². The Morgan fingerprint density at radius 2 is 1.70 bits per heavy atom. The molecule has 0 radical (unpaired) electrons. The fraction of sp³-hybridized carbons (Fsp3) is 0.350. The third kappa shape index (κ3) is 3.15. The van der Waals surface area contributed by atoms with Crippen LogP contribution in [0.1, 0.15) is 24.0 Å². The van der Waals surface area contributed by atoms with Crippen molar-refractivity contribution in [2.45, 2.75) is 25.4 Å². The molecule has 1 heterocycles. The number of carbonyl (C=O) groups is 1. The molecular formula is C20H24NO2+. The third-order valence-electron chi connectivity index (χ3n) is 4.81. The maximum atomic E-state index is 12.6. The van der Waals surface area contributed by atoms with E-state index in [1.807, 2.05) is 31.2 Å². The van der Waals surface area contributed by atoms with E-state index in [-0.39, 0.29) is 17.9 Å². The summed E-state index contributed by atoms with van der Waals surface area (Å²) in [5.74, 6) is 0.162. The summed E-state index contributed by atoms with van der Waals surface area (Å²) in [5, 5.41) is 0. The highest BCUT2D eigenvalue weighted by molar-refractivity contribution is 5.77. The van der Waals surface area contributed by atoms with Gasteiger partial charge in [-0.05, 0) is 12.5 Å². The summed E-state index contributed by atoms with van der Waals surface area (Å²) >= 11 is 0. The number of ether oxygens (including phenoxy) is 1. The van der Waals surface area contributed by atoms with E-state index in [2.05, 4.69) is 43.4 Å². The Kier molecular flexibility index (Phi) is 4.49. The van der Waals surface area contributed by atoms with Crippen molar-refractivity contribution < 1.29 is 14.0 Å². The Morgan fingerprint density at radius 1 is 1.09 bits per heavy atom. The van der Waals surface area contributed by atoms with E-state index >= 15 is 0 Å². The standard InChI is InChI=1S/C20H24NO2/c1-3-23-20(22)19-18(17-12-8-5-9-13-17)15-21(19,2)14-16-10-6-4-7-11-16/h4-13,18-19H,3,14-15H2,1-2H3/q+1/t18-,19+,21-/m0/s1. The molecule has 2 aromatic carbocycles. The van der Waals surface area contributed by atoms with E-state index in [9.17, 15) is 4.79 Å². The van der Waals surface area contributed by atoms with Crippen molar-refractivity contribution in [2.24, 2.45) is 0 Å². The number of carbonyl (C=O) groups excluding carboxylic acids is 1. The van der Waals surface area contributed by atoms with Gasteiger partial charge in [0.1, 0.15) is 6.54 Å². The number of quaternary nitrogens is 1. The first-order chi connectivity index (χ1) is 11.1. The first kappa shape index (κ1) is 15.8. The van der Waals surface area contributed by atoms with Gasteiger partial charge in [0, 0.05) is 5.56 Å². The molecular weight excluding hydrogens is 286 g/mol. The van der Waals surface area contributed by atoms with E-state index in [4.69, 9.17) is 4.74 Å². The van der Waals surface area contributed by atoms with Crippen LogP contribution in [-0.4, -0.2) is 36.7 Å². The summed E-state index contributed by atoms with van der Waals surface area (Å²) in [6.45, 7) is 4.12. The summed E-state index contributed by atoms with van der Waals surface area (Å²) in [4.78, 5) is 12.6. The van der Waals surface area contributed by atoms with Crippen molar-refractivity contribution >= 4 is 5.97 Å². The molecule has 3 rings (SSSR count). The fourth-order valence-electron chi connectivity index (χ4n) is 3.76. The average molecular weight is 310 g/mol. The van der Waals surface area contributed by atoms with Gasteiger partial charge in [-0.15, -0.1) is 0 Å². The zero-order chi connectivity index (χ0) is 16.3. The highest BCUT2D eigenvalue weighted by Gasteiger charge is 2.57. The van der Waals surface area contributed by atoms with Crippen LogP contribution in [0.2, 0.25) is 0 Å². The van der Waals surface area contributed by atoms with Crippen molar-refractivity contribution in [3.05, 3.63) is 71.8 Å². The molecule has 0 spiro atoms. The molecule has 0 amide bonds. The van der Waals surface area contributed by atoms with Crippen LogP contribution < -0.4 is 0 Å². The lowest BCUT2D eigenvalue weighted by molar-refractivity contribution is -0.979. The lowest BCUT2D eigenvalue weighted by atomic mass is 9.79. The van der Waals surface area contributed by atoms with Gasteiger partial charge in [-0.1, -0.05) is 60.7 Å². The SMILES string of the molecule is CCOC(=O)[C@H]1[C@H](c2ccccc2)C[N@+]1(C)Cc1ccccc1. The second-order valence-corrected chi connectivity index (χ2v) is 6.52. The molecule has 3 heteroatoms. The van der Waals surface area contributed by atoms with Crippen LogP contribution in [0.4, 0.5) is 0 Å². The van der Waals surface area contributed by atoms with Crippen LogP contribution in [0, 0.1) is 0 Å². The molecule has 0 saturated carbocycles. The highest BCUT2D eigenvalue weighted by Crippen LogP contribution is 2.41. The highest BCUT2D eigenvalue weighted by atomic mass is 16.5. The Morgan fingerprint density at radius 3 is 2.30 bits per heavy atom. The average Bonchev–Trinajstić information content (AvgIpc) is 2.55. The predicted octanol–water partition coefficient (Wildman–Crippen LogP) is 3.36. The van der Waals surface area contributed by atoms with Crippen LogP contribution in [0.15, 0.2) is 60.7 Å². The first-order valence-corrected chi connectivity index (χ1v) is 8.24. The number of hydrogen-bond acceptors (Lipinski definition) is 2. The summed E-state index contributed by atoms with van der Waals surface area (Å²) in [5.41, 5.74) is 2.49. The molecule has 1 aliphatic rings. The van der Waals surface area contributed by atoms with Gasteiger partial charge >= 0.3 is 5.97 Å². The molecule has 2 aromatic rings. The van der Waals surface area contributed by atoms with E-state index in [1.54, 1.807) is 0 Å². The molecule has 0 bridgehead atoms. The summed E-state index contributed by atoms with van der Waals surface area (Å²) in [7, 11) is 2.16. The third-order valence-corrected chi connectivity index (χ3v) is 4.81. The first-order valence-electron chi connectivity index (χ1n) is 8.24. The molecule has 3 nitrogen and oxygen atoms in total. The van der Waals surface area contributed by atoms with Gasteiger partial charge in [0.25, 0.3) is 0 Å². The quantitative estimate of drug-likeness (QED) is 0.625. The molecule has 23 heavy (non-hydrogen) atoms. The van der Waals surface area contributed by atoms with Gasteiger partial charge in [-0.2, -0.15) is 0 Å². The maximum absolute atomic E-state index is 12.6. The minimum Gasteiger partial charge on any atom is -0.462 e. The molecule has 120 valence electrons. The molecule has 1 aliphatic heterocycles. The maximum Gasteiger partial charge on any atom is 0.365 e. The van der Waals surface area contributed by atoms with Crippen LogP contribution in [-0.2, 0) is 16.1 Å². The van der Waals surface area contributed by atoms with Crippen LogP contribution >= 0.6 is 0 Å². The molecule has 1 saturated heterocycles. The molecule has 3 atom stereocenters. The smallest absolute Gasteiger partial charge is 0.365 e. The van der Waals surface area contributed by atoms with E-state index in [1.165, 1.54) is 11.1 Å². The van der Waals surface area contributed by atoms with Crippen LogP contribution in [0.5, 0.6) is 0 Å². The van der Waals surface area contributed by atoms with E-state index in [0.717, 1.165) is 13.1 Å². The van der Waals surface area contributed by atoms with Gasteiger partial charge in [-0.3, -0.25) is 0 Å². The van der Waals surface area contributed by atoms with Crippen molar-refractivity contribution in [3.63, 3.8) is 0 Å². The Labute approximate surface area is 138 Å². The molecule has 0 aliphatic carbocycles. The molecule has 0 unspecified atom stereocenters. The molecule has 0 aromatic heterocycles. The van der Waals surface area contributed by atoms with Crippen molar-refractivity contribution in [2.75, 3.05) is 20.2 Å². The van der Waals surface area contributed by atoms with Gasteiger partial charge < -0.3 is 9.22 Å². The number of likely N-dealkylation sites (N-methyl/N-ethyl adjacent to an activating group) is 1. The Hall–Kier alpha value is -2.13. The minimum absolute atomic E-state index is 0.0777. The zero-order valence-corrected chi connectivity index (χ0v) is 13.8. The predicted molar refractivity (Wildman–Crippen MR) is 90.8 cm³/mol. The summed E-state index contributed by atoms with van der Waals surface area (Å²) in [6.07, 6.45) is 0. The van der Waals surface area contributed by atoms with E-state index < -0.39 is 0 Å². The van der Waals surface area contributed by atoms with Crippen molar-refractivity contribution in [1.29, 1.82) is 0 Å². The summed E-state index contributed by atoms with van der Waals surface area (Å²) < 4.78 is 6.09. The normalized spacial score (nSPS) is 26.3. The number of nitrogens with zero attached hydrogens (tertiary/aromatic N) is 1. The minimum atomic E-state index is -0.127. The summed E-state index contributed by atoms with van der Waals surface area (Å²) in [6, 6.07) is 20.6. The van der Waals surface area contributed by atoms with Crippen LogP contribution in [0.3, 0.4) is 0 Å². The van der Waals surface area contributed by atoms with Gasteiger partial charge in [0.15, 0.2) is 6.04 Å². The Balaban J connectivity index is 1.84. The van der Waals surface area contributed by atoms with Crippen LogP contribution in [0.25, 0.3) is 0 Å². The number of hydrogen-bond donors (Lipinski definition) is 0. The van der Waals surface area contributed by atoms with Gasteiger partial charge in [0.05, 0.1) is 26.1 Å². The second kappa shape index (κ2) is 6.55. The second-order valence-electron chi connectivity index (χ2n) is 6.52. The lowest BCUT2D eigenvalue weighted by Gasteiger charge is -2.53. The number of rotatable bonds is 5.